The molecule has 0 unspecified atom stereocenters. The number of amides is 1. The normalized spacial score (nSPS) is 11.1. The van der Waals surface area contributed by atoms with Gasteiger partial charge in [0, 0.05) is 11.8 Å². The first kappa shape index (κ1) is 20.7. The van der Waals surface area contributed by atoms with E-state index in [1.807, 2.05) is 32.9 Å². The Morgan fingerprint density at radius 2 is 1.63 bits per heavy atom. The fraction of sp³-hybridized carbons (Fsp3) is 0.316. The van der Waals surface area contributed by atoms with Gasteiger partial charge in [-0.05, 0) is 44.0 Å². The van der Waals surface area contributed by atoms with Crippen molar-refractivity contribution in [2.45, 2.75) is 25.7 Å². The highest BCUT2D eigenvalue weighted by Gasteiger charge is 2.21. The van der Waals surface area contributed by atoms with Gasteiger partial charge in [-0.15, -0.1) is 0 Å². The van der Waals surface area contributed by atoms with Crippen molar-refractivity contribution < 1.29 is 22.7 Å². The predicted molar refractivity (Wildman–Crippen MR) is 104 cm³/mol. The van der Waals surface area contributed by atoms with Crippen LogP contribution < -0.4 is 19.5 Å². The lowest BCUT2D eigenvalue weighted by Gasteiger charge is -2.14. The van der Waals surface area contributed by atoms with Gasteiger partial charge in [0.1, 0.15) is 16.4 Å². The van der Waals surface area contributed by atoms with E-state index in [0.29, 0.717) is 11.4 Å². The van der Waals surface area contributed by atoms with Crippen LogP contribution in [0.15, 0.2) is 35.2 Å². The summed E-state index contributed by atoms with van der Waals surface area (Å²) in [6.45, 7) is 5.35. The zero-order valence-corrected chi connectivity index (χ0v) is 16.9. The zero-order chi connectivity index (χ0) is 20.2. The first-order valence-electron chi connectivity index (χ1n) is 8.27. The molecule has 2 N–H and O–H groups in total. The van der Waals surface area contributed by atoms with Gasteiger partial charge in [0.2, 0.25) is 15.9 Å². The highest BCUT2D eigenvalue weighted by atomic mass is 32.2. The largest absolute Gasteiger partial charge is 0.497 e. The molecule has 0 fully saturated rings. The summed E-state index contributed by atoms with van der Waals surface area (Å²) >= 11 is 0. The number of hydrogen-bond acceptors (Lipinski definition) is 5. The number of benzene rings is 2. The molecule has 0 aliphatic heterocycles. The van der Waals surface area contributed by atoms with Crippen LogP contribution in [0.2, 0.25) is 0 Å². The SMILES string of the molecule is COc1ccc(OC)c(S(=O)(=O)NCC(=O)Nc2c(C)cc(C)cc2C)c1. The third-order valence-corrected chi connectivity index (χ3v) is 5.45. The van der Waals surface area contributed by atoms with Gasteiger partial charge in [-0.1, -0.05) is 17.7 Å². The first-order valence-corrected chi connectivity index (χ1v) is 9.75. The van der Waals surface area contributed by atoms with Gasteiger partial charge in [0.25, 0.3) is 0 Å². The molecule has 0 atom stereocenters. The molecule has 27 heavy (non-hydrogen) atoms. The van der Waals surface area contributed by atoms with Crippen molar-refractivity contribution >= 4 is 21.6 Å². The maximum absolute atomic E-state index is 12.6. The summed E-state index contributed by atoms with van der Waals surface area (Å²) in [7, 11) is -1.16. The summed E-state index contributed by atoms with van der Waals surface area (Å²) in [5.74, 6) is 0.0657. The second kappa shape index (κ2) is 8.41. The highest BCUT2D eigenvalue weighted by Crippen LogP contribution is 2.28. The Morgan fingerprint density at radius 1 is 1.00 bits per heavy atom. The number of carbonyl (C=O) groups excluding carboxylic acids is 1. The third kappa shape index (κ3) is 4.99. The van der Waals surface area contributed by atoms with Gasteiger partial charge >= 0.3 is 0 Å². The number of sulfonamides is 1. The molecule has 0 saturated carbocycles. The van der Waals surface area contributed by atoms with E-state index in [9.17, 15) is 13.2 Å². The van der Waals surface area contributed by atoms with Crippen LogP contribution in [0.25, 0.3) is 0 Å². The van der Waals surface area contributed by atoms with E-state index in [-0.39, 0.29) is 10.6 Å². The predicted octanol–water partition coefficient (Wildman–Crippen LogP) is 2.55. The van der Waals surface area contributed by atoms with Crippen LogP contribution in [0.1, 0.15) is 16.7 Å². The summed E-state index contributed by atoms with van der Waals surface area (Å²) in [5, 5.41) is 2.76. The van der Waals surface area contributed by atoms with Gasteiger partial charge in [-0.2, -0.15) is 0 Å². The number of anilines is 1. The van der Waals surface area contributed by atoms with E-state index in [2.05, 4.69) is 10.0 Å². The fourth-order valence-electron chi connectivity index (χ4n) is 2.79. The van der Waals surface area contributed by atoms with Crippen molar-refractivity contribution in [3.05, 3.63) is 47.0 Å². The smallest absolute Gasteiger partial charge is 0.244 e. The summed E-state index contributed by atoms with van der Waals surface area (Å²) < 4.78 is 37.6. The van der Waals surface area contributed by atoms with Crippen molar-refractivity contribution in [3.8, 4) is 11.5 Å². The lowest BCUT2D eigenvalue weighted by atomic mass is 10.1. The summed E-state index contributed by atoms with van der Waals surface area (Å²) in [5.41, 5.74) is 3.61. The average Bonchev–Trinajstić information content (AvgIpc) is 2.62. The molecular weight excluding hydrogens is 368 g/mol. The summed E-state index contributed by atoms with van der Waals surface area (Å²) in [6.07, 6.45) is 0. The lowest BCUT2D eigenvalue weighted by Crippen LogP contribution is -2.33. The Hall–Kier alpha value is -2.58. The minimum absolute atomic E-state index is 0.0974. The number of hydrogen-bond donors (Lipinski definition) is 2. The number of methoxy groups -OCH3 is 2. The van der Waals surface area contributed by atoms with E-state index < -0.39 is 22.5 Å². The molecule has 146 valence electrons. The topological polar surface area (TPSA) is 93.7 Å². The van der Waals surface area contributed by atoms with Gasteiger partial charge in [-0.25, -0.2) is 13.1 Å². The Morgan fingerprint density at radius 3 is 2.19 bits per heavy atom. The molecule has 2 aromatic carbocycles. The van der Waals surface area contributed by atoms with Crippen LogP contribution in [-0.4, -0.2) is 35.1 Å². The molecule has 0 spiro atoms. The molecule has 7 nitrogen and oxygen atoms in total. The molecule has 2 aromatic rings. The molecule has 0 aliphatic carbocycles. The lowest BCUT2D eigenvalue weighted by molar-refractivity contribution is -0.115. The van der Waals surface area contributed by atoms with Crippen LogP contribution in [0.4, 0.5) is 5.69 Å². The van der Waals surface area contributed by atoms with Crippen molar-refractivity contribution in [3.63, 3.8) is 0 Å². The average molecular weight is 392 g/mol. The van der Waals surface area contributed by atoms with Crippen LogP contribution in [-0.2, 0) is 14.8 Å². The van der Waals surface area contributed by atoms with E-state index in [1.54, 1.807) is 6.07 Å². The third-order valence-electron chi connectivity index (χ3n) is 4.02. The monoisotopic (exact) mass is 392 g/mol. The number of aryl methyl sites for hydroxylation is 3. The molecular formula is C19H24N2O5S. The van der Waals surface area contributed by atoms with Gasteiger partial charge < -0.3 is 14.8 Å². The molecule has 0 saturated heterocycles. The van der Waals surface area contributed by atoms with Crippen molar-refractivity contribution in [2.24, 2.45) is 0 Å². The molecule has 0 aliphatic rings. The van der Waals surface area contributed by atoms with Crippen LogP contribution in [0.3, 0.4) is 0 Å². The van der Waals surface area contributed by atoms with Crippen molar-refractivity contribution in [1.29, 1.82) is 0 Å². The maximum Gasteiger partial charge on any atom is 0.244 e. The quantitative estimate of drug-likeness (QED) is 0.755. The van der Waals surface area contributed by atoms with Crippen LogP contribution >= 0.6 is 0 Å². The fourth-order valence-corrected chi connectivity index (χ4v) is 3.96. The van der Waals surface area contributed by atoms with Crippen molar-refractivity contribution in [1.82, 2.24) is 4.72 Å². The molecule has 2 rings (SSSR count). The van der Waals surface area contributed by atoms with Crippen LogP contribution in [0, 0.1) is 20.8 Å². The molecule has 1 amide bonds. The Balaban J connectivity index is 2.15. The van der Waals surface area contributed by atoms with Gasteiger partial charge in [-0.3, -0.25) is 4.79 Å². The molecule has 0 radical (unpaired) electrons. The second-order valence-electron chi connectivity index (χ2n) is 6.16. The maximum atomic E-state index is 12.6. The first-order chi connectivity index (χ1) is 12.7. The molecule has 8 heteroatoms. The Kier molecular flexibility index (Phi) is 6.45. The van der Waals surface area contributed by atoms with E-state index in [4.69, 9.17) is 9.47 Å². The Labute approximate surface area is 159 Å². The molecule has 0 aromatic heterocycles. The summed E-state index contributed by atoms with van der Waals surface area (Å²) in [6, 6.07) is 8.33. The summed E-state index contributed by atoms with van der Waals surface area (Å²) in [4.78, 5) is 12.2. The zero-order valence-electron chi connectivity index (χ0n) is 16.0. The minimum atomic E-state index is -3.97. The van der Waals surface area contributed by atoms with Crippen molar-refractivity contribution in [2.75, 3.05) is 26.1 Å². The molecule has 0 bridgehead atoms. The number of nitrogens with one attached hydrogen (secondary N) is 2. The van der Waals surface area contributed by atoms with E-state index in [0.717, 1.165) is 16.7 Å². The number of rotatable bonds is 7. The van der Waals surface area contributed by atoms with E-state index in [1.165, 1.54) is 26.4 Å². The highest BCUT2D eigenvalue weighted by molar-refractivity contribution is 7.89. The van der Waals surface area contributed by atoms with Gasteiger partial charge in [0.15, 0.2) is 0 Å². The van der Waals surface area contributed by atoms with Crippen LogP contribution in [0.5, 0.6) is 11.5 Å². The number of carbonyl (C=O) groups is 1. The van der Waals surface area contributed by atoms with E-state index >= 15 is 0 Å². The number of ether oxygens (including phenoxy) is 2. The van der Waals surface area contributed by atoms with Gasteiger partial charge in [0.05, 0.1) is 20.8 Å². The minimum Gasteiger partial charge on any atom is -0.497 e. The molecule has 0 heterocycles. The second-order valence-corrected chi connectivity index (χ2v) is 7.90. The standard InChI is InChI=1S/C19H24N2O5S/c1-12-8-13(2)19(14(3)9-12)21-18(22)11-20-27(23,24)17-10-15(25-4)6-7-16(17)26-5/h6-10,20H,11H2,1-5H3,(H,21,22). The Bertz CT molecular complexity index is 932.